The number of allylic oxidation sites excluding steroid dienone is 6. The summed E-state index contributed by atoms with van der Waals surface area (Å²) in [5, 5.41) is 2.65. The van der Waals surface area contributed by atoms with Gasteiger partial charge in [-0.25, -0.2) is 0 Å². The molecule has 41 heavy (non-hydrogen) atoms. The summed E-state index contributed by atoms with van der Waals surface area (Å²) in [5.41, 5.74) is 10.0. The molecule has 0 bridgehead atoms. The fraction of sp³-hybridized carbons (Fsp3) is 0.0811. The molecule has 0 unspecified atom stereocenters. The predicted octanol–water partition coefficient (Wildman–Crippen LogP) is 9.71. The van der Waals surface area contributed by atoms with E-state index in [1.165, 1.54) is 5.57 Å². The van der Waals surface area contributed by atoms with E-state index >= 15 is 4.57 Å². The van der Waals surface area contributed by atoms with E-state index in [1.807, 2.05) is 48.5 Å². The Kier molecular flexibility index (Phi) is 5.45. The first-order chi connectivity index (χ1) is 20.1. The number of hydrogen-bond donors (Lipinski definition) is 0. The quantitative estimate of drug-likeness (QED) is 0.206. The van der Waals surface area contributed by atoms with E-state index in [9.17, 15) is 0 Å². The van der Waals surface area contributed by atoms with Crippen LogP contribution in [-0.2, 0) is 4.57 Å². The summed E-state index contributed by atoms with van der Waals surface area (Å²) in [6.07, 6.45) is 6.02. The monoisotopic (exact) mass is 550 g/mol. The Labute approximate surface area is 238 Å². The van der Waals surface area contributed by atoms with Crippen LogP contribution in [0.15, 0.2) is 141 Å². The zero-order chi connectivity index (χ0) is 27.6. The van der Waals surface area contributed by atoms with E-state index in [0.29, 0.717) is 11.0 Å². The van der Waals surface area contributed by atoms with Crippen molar-refractivity contribution in [3.8, 4) is 11.1 Å². The van der Waals surface area contributed by atoms with E-state index in [2.05, 4.69) is 79.7 Å². The molecule has 0 spiro atoms. The second kappa shape index (κ2) is 9.23. The molecule has 4 heteroatoms. The molecule has 2 aliphatic rings. The van der Waals surface area contributed by atoms with Gasteiger partial charge >= 0.3 is 0 Å². The number of furan rings is 2. The summed E-state index contributed by atoms with van der Waals surface area (Å²) in [4.78, 5) is 0. The van der Waals surface area contributed by atoms with Gasteiger partial charge in [0, 0.05) is 27.2 Å². The molecular formula is C37H27O3P. The summed E-state index contributed by atoms with van der Waals surface area (Å²) in [6, 6.07) is 36.7. The molecule has 0 N–H and O–H groups in total. The molecule has 8 rings (SSSR count). The van der Waals surface area contributed by atoms with E-state index in [4.69, 9.17) is 8.83 Å². The van der Waals surface area contributed by atoms with Gasteiger partial charge in [-0.2, -0.15) is 0 Å². The van der Waals surface area contributed by atoms with Gasteiger partial charge in [0.05, 0.1) is 0 Å². The minimum absolute atomic E-state index is 0.513. The minimum Gasteiger partial charge on any atom is -0.452 e. The summed E-state index contributed by atoms with van der Waals surface area (Å²) in [7, 11) is -3.54. The molecular weight excluding hydrogens is 523 g/mol. The maximum atomic E-state index is 16.0. The Bertz CT molecular complexity index is 2040. The highest BCUT2D eigenvalue weighted by Crippen LogP contribution is 2.64. The zero-order valence-electron chi connectivity index (χ0n) is 22.6. The van der Waals surface area contributed by atoms with Crippen molar-refractivity contribution in [3.63, 3.8) is 0 Å². The highest BCUT2D eigenvalue weighted by molar-refractivity contribution is 7.83. The first-order valence-corrected chi connectivity index (χ1v) is 15.7. The van der Waals surface area contributed by atoms with Gasteiger partial charge in [-0.15, -0.1) is 0 Å². The SMILES string of the molecule is CC1=C(c2ccccc2)C=C(P2(=O)c3oc4ccccc4c3-c3c2oc2ccccc32)C=C(c2ccccc2)CC1. The molecule has 198 valence electrons. The highest BCUT2D eigenvalue weighted by atomic mass is 31.2. The first-order valence-electron chi connectivity index (χ1n) is 14.0. The maximum absolute atomic E-state index is 16.0. The van der Waals surface area contributed by atoms with Crippen molar-refractivity contribution in [2.24, 2.45) is 0 Å². The van der Waals surface area contributed by atoms with Gasteiger partial charge in [-0.3, -0.25) is 0 Å². The molecule has 0 saturated carbocycles. The Morgan fingerprint density at radius 1 is 0.585 bits per heavy atom. The number of hydrogen-bond acceptors (Lipinski definition) is 3. The van der Waals surface area contributed by atoms with E-state index in [1.54, 1.807) is 0 Å². The van der Waals surface area contributed by atoms with Crippen molar-refractivity contribution in [1.82, 2.24) is 0 Å². The molecule has 3 heterocycles. The fourth-order valence-corrected chi connectivity index (χ4v) is 9.20. The maximum Gasteiger partial charge on any atom is 0.239 e. The molecule has 1 aliphatic heterocycles. The number of rotatable bonds is 3. The molecule has 3 nitrogen and oxygen atoms in total. The summed E-state index contributed by atoms with van der Waals surface area (Å²) >= 11 is 0. The Balaban J connectivity index is 1.48. The van der Waals surface area contributed by atoms with Crippen LogP contribution < -0.4 is 11.0 Å². The number of fused-ring (bicyclic) bond motifs is 7. The number of benzene rings is 4. The lowest BCUT2D eigenvalue weighted by molar-refractivity contribution is 0.569. The van der Waals surface area contributed by atoms with Crippen molar-refractivity contribution in [2.75, 3.05) is 0 Å². The molecule has 6 aromatic rings. The summed E-state index contributed by atoms with van der Waals surface area (Å²) < 4.78 is 29.0. The van der Waals surface area contributed by atoms with E-state index in [0.717, 1.165) is 73.5 Å². The van der Waals surface area contributed by atoms with Crippen molar-refractivity contribution in [2.45, 2.75) is 19.8 Å². The van der Waals surface area contributed by atoms with Crippen molar-refractivity contribution < 1.29 is 13.4 Å². The Morgan fingerprint density at radius 3 is 1.68 bits per heavy atom. The highest BCUT2D eigenvalue weighted by Gasteiger charge is 2.50. The van der Waals surface area contributed by atoms with E-state index < -0.39 is 7.14 Å². The number of para-hydroxylation sites is 2. The van der Waals surface area contributed by atoms with Crippen LogP contribution in [0.3, 0.4) is 0 Å². The van der Waals surface area contributed by atoms with Crippen LogP contribution in [0.5, 0.6) is 0 Å². The van der Waals surface area contributed by atoms with Crippen molar-refractivity contribution >= 4 is 51.2 Å². The van der Waals surface area contributed by atoms with Crippen LogP contribution >= 0.6 is 7.14 Å². The summed E-state index contributed by atoms with van der Waals surface area (Å²) in [6.45, 7) is 2.19. The lowest BCUT2D eigenvalue weighted by atomic mass is 9.91. The molecule has 1 aliphatic carbocycles. The third-order valence-electron chi connectivity index (χ3n) is 8.41. The third-order valence-corrected chi connectivity index (χ3v) is 11.2. The zero-order valence-corrected chi connectivity index (χ0v) is 23.5. The standard InChI is InChI=1S/C37H27O3P/c1-24-20-21-27(25-12-4-2-5-13-25)22-28(23-31(24)26-14-6-3-7-15-26)41(38)36-34(29-16-8-10-18-32(29)39-36)35-30-17-9-11-19-33(30)40-37(35)41/h2-19,22-23H,20-21H2,1H3. The average molecular weight is 551 g/mol. The lowest BCUT2D eigenvalue weighted by Crippen LogP contribution is -2.10. The Morgan fingerprint density at radius 2 is 1.10 bits per heavy atom. The van der Waals surface area contributed by atoms with Crippen LogP contribution in [0.2, 0.25) is 0 Å². The normalized spacial score (nSPS) is 16.2. The van der Waals surface area contributed by atoms with Crippen molar-refractivity contribution in [1.29, 1.82) is 0 Å². The lowest BCUT2D eigenvalue weighted by Gasteiger charge is -2.20. The van der Waals surface area contributed by atoms with Crippen LogP contribution in [0.1, 0.15) is 30.9 Å². The molecule has 0 radical (unpaired) electrons. The summed E-state index contributed by atoms with van der Waals surface area (Å²) in [5.74, 6) is 0. The van der Waals surface area contributed by atoms with Crippen LogP contribution in [0, 0.1) is 0 Å². The molecule has 0 amide bonds. The predicted molar refractivity (Wildman–Crippen MR) is 169 cm³/mol. The minimum atomic E-state index is -3.54. The van der Waals surface area contributed by atoms with Gasteiger partial charge in [-0.05, 0) is 66.3 Å². The smallest absolute Gasteiger partial charge is 0.239 e. The molecule has 0 fully saturated rings. The Hall–Kier alpha value is -4.59. The van der Waals surface area contributed by atoms with Crippen molar-refractivity contribution in [3.05, 3.63) is 143 Å². The fourth-order valence-electron chi connectivity index (χ4n) is 6.35. The van der Waals surface area contributed by atoms with Crippen LogP contribution in [-0.4, -0.2) is 0 Å². The molecule has 0 saturated heterocycles. The second-order valence-corrected chi connectivity index (χ2v) is 13.4. The second-order valence-electron chi connectivity index (χ2n) is 10.8. The van der Waals surface area contributed by atoms with Gasteiger partial charge < -0.3 is 13.4 Å². The van der Waals surface area contributed by atoms with Gasteiger partial charge in [0.15, 0.2) is 11.0 Å². The van der Waals surface area contributed by atoms with Gasteiger partial charge in [-0.1, -0.05) is 103 Å². The van der Waals surface area contributed by atoms with Crippen LogP contribution in [0.4, 0.5) is 0 Å². The van der Waals surface area contributed by atoms with Crippen LogP contribution in [0.25, 0.3) is 44.2 Å². The molecule has 0 atom stereocenters. The topological polar surface area (TPSA) is 43.4 Å². The van der Waals surface area contributed by atoms with Gasteiger partial charge in [0.25, 0.3) is 0 Å². The molecule has 4 aromatic carbocycles. The third kappa shape index (κ3) is 3.63. The first kappa shape index (κ1) is 24.2. The van der Waals surface area contributed by atoms with Gasteiger partial charge in [0.2, 0.25) is 7.14 Å². The average Bonchev–Trinajstić information content (AvgIpc) is 3.65. The van der Waals surface area contributed by atoms with E-state index in [-0.39, 0.29) is 0 Å². The largest absolute Gasteiger partial charge is 0.452 e. The van der Waals surface area contributed by atoms with Gasteiger partial charge in [0.1, 0.15) is 11.2 Å². The molecule has 2 aromatic heterocycles.